The number of carbonyl (C=O) groups excluding carboxylic acids is 3. The monoisotopic (exact) mass is 506 g/mol. The van der Waals surface area contributed by atoms with Gasteiger partial charge in [-0.2, -0.15) is 0 Å². The molecule has 0 bridgehead atoms. The molecule has 2 aliphatic heterocycles. The molecule has 2 aromatic rings. The molecular formula is C28H34N4O5. The molecule has 9 nitrogen and oxygen atoms in total. The molecular weight excluding hydrogens is 472 g/mol. The number of rotatable bonds is 6. The molecule has 3 amide bonds. The number of urea groups is 1. The molecule has 2 aliphatic rings. The minimum absolute atomic E-state index is 0.0195. The second-order valence-electron chi connectivity index (χ2n) is 9.88. The highest BCUT2D eigenvalue weighted by Gasteiger charge is 2.62. The van der Waals surface area contributed by atoms with Gasteiger partial charge in [-0.25, -0.2) is 4.79 Å². The Morgan fingerprint density at radius 3 is 2.14 bits per heavy atom. The first kappa shape index (κ1) is 26.2. The number of likely N-dealkylation sites (tertiary alicyclic amines) is 2. The molecule has 3 atom stereocenters. The molecule has 0 radical (unpaired) electrons. The number of hydrogen-bond donors (Lipinski definition) is 2. The highest BCUT2D eigenvalue weighted by atomic mass is 16.5. The smallest absolute Gasteiger partial charge is 0.327 e. The Morgan fingerprint density at radius 2 is 1.59 bits per heavy atom. The van der Waals surface area contributed by atoms with E-state index in [0.29, 0.717) is 24.4 Å². The second kappa shape index (κ2) is 10.6. The third-order valence-electron chi connectivity index (χ3n) is 7.73. The topological polar surface area (TPSA) is 126 Å². The van der Waals surface area contributed by atoms with Gasteiger partial charge >= 0.3 is 12.0 Å². The molecule has 2 heterocycles. The Kier molecular flexibility index (Phi) is 7.52. The fraction of sp³-hybridized carbons (Fsp3) is 0.429. The maximum Gasteiger partial charge on any atom is 0.327 e. The van der Waals surface area contributed by atoms with Crippen LogP contribution in [-0.4, -0.2) is 66.4 Å². The number of methoxy groups -OCH3 is 1. The van der Waals surface area contributed by atoms with Crippen molar-refractivity contribution in [3.05, 3.63) is 54.1 Å². The van der Waals surface area contributed by atoms with Crippen LogP contribution in [0.1, 0.15) is 38.7 Å². The van der Waals surface area contributed by atoms with Crippen LogP contribution in [0.25, 0.3) is 11.1 Å². The zero-order valence-electron chi connectivity index (χ0n) is 21.5. The first-order valence-electron chi connectivity index (χ1n) is 12.6. The van der Waals surface area contributed by atoms with Crippen LogP contribution in [0.4, 0.5) is 4.79 Å². The van der Waals surface area contributed by atoms with Gasteiger partial charge in [0.2, 0.25) is 5.91 Å². The molecule has 2 saturated heterocycles. The molecule has 1 unspecified atom stereocenters. The van der Waals surface area contributed by atoms with Crippen LogP contribution in [0.15, 0.2) is 48.5 Å². The van der Waals surface area contributed by atoms with Crippen LogP contribution in [0, 0.1) is 16.7 Å². The van der Waals surface area contributed by atoms with Crippen LogP contribution < -0.4 is 10.5 Å². The van der Waals surface area contributed by atoms with Crippen LogP contribution in [0.2, 0.25) is 0 Å². The minimum Gasteiger partial charge on any atom is -0.491 e. The van der Waals surface area contributed by atoms with E-state index in [1.165, 1.54) is 12.0 Å². The van der Waals surface area contributed by atoms with E-state index in [4.69, 9.17) is 20.6 Å². The molecule has 0 saturated carbocycles. The number of amidine groups is 1. The lowest BCUT2D eigenvalue weighted by atomic mass is 9.78. The quantitative estimate of drug-likeness (QED) is 0.267. The van der Waals surface area contributed by atoms with E-state index in [1.54, 1.807) is 30.9 Å². The summed E-state index contributed by atoms with van der Waals surface area (Å²) in [5, 5.41) is 7.53. The summed E-state index contributed by atoms with van der Waals surface area (Å²) in [5.74, 6) is -1.09. The number of nitrogens with two attached hydrogens (primary N) is 1. The van der Waals surface area contributed by atoms with Gasteiger partial charge in [-0.3, -0.25) is 19.9 Å². The van der Waals surface area contributed by atoms with Gasteiger partial charge in [0.1, 0.15) is 23.6 Å². The number of nitrogen functional groups attached to an aromatic ring is 1. The van der Waals surface area contributed by atoms with E-state index < -0.39 is 29.3 Å². The summed E-state index contributed by atoms with van der Waals surface area (Å²) >= 11 is 0. The highest BCUT2D eigenvalue weighted by molar-refractivity contribution is 6.10. The Balaban J connectivity index is 1.52. The number of amides is 3. The van der Waals surface area contributed by atoms with E-state index in [2.05, 4.69) is 0 Å². The second-order valence-corrected chi connectivity index (χ2v) is 9.88. The normalized spacial score (nSPS) is 23.6. The van der Waals surface area contributed by atoms with Gasteiger partial charge in [-0.05, 0) is 49.4 Å². The lowest BCUT2D eigenvalue weighted by Crippen LogP contribution is -2.52. The number of imide groups is 1. The molecule has 37 heavy (non-hydrogen) atoms. The first-order valence-corrected chi connectivity index (χ1v) is 12.6. The SMILES string of the molecule is COC(=O)[C@]1(C)C(=O)N(C(=O)N2CCCCC2)[C@H](COc2ccc(-c3ccc(C(=N)N)cc3)cc2)C1C. The number of hydrogen-bond acceptors (Lipinski definition) is 6. The fourth-order valence-corrected chi connectivity index (χ4v) is 5.14. The minimum atomic E-state index is -1.47. The maximum atomic E-state index is 13.5. The zero-order valence-corrected chi connectivity index (χ0v) is 21.5. The molecule has 0 aliphatic carbocycles. The number of esters is 1. The maximum absolute atomic E-state index is 13.5. The summed E-state index contributed by atoms with van der Waals surface area (Å²) in [6.07, 6.45) is 2.84. The van der Waals surface area contributed by atoms with Crippen molar-refractivity contribution in [1.82, 2.24) is 9.80 Å². The average Bonchev–Trinajstić information content (AvgIpc) is 3.12. The summed E-state index contributed by atoms with van der Waals surface area (Å²) < 4.78 is 11.0. The number of nitrogens with zero attached hydrogens (tertiary/aromatic N) is 2. The van der Waals surface area contributed by atoms with Gasteiger partial charge in [0.15, 0.2) is 0 Å². The number of carbonyl (C=O) groups is 3. The van der Waals surface area contributed by atoms with Crippen molar-refractivity contribution < 1.29 is 23.9 Å². The summed E-state index contributed by atoms with van der Waals surface area (Å²) in [7, 11) is 1.25. The van der Waals surface area contributed by atoms with Crippen LogP contribution >= 0.6 is 0 Å². The fourth-order valence-electron chi connectivity index (χ4n) is 5.14. The first-order chi connectivity index (χ1) is 17.7. The number of ether oxygens (including phenoxy) is 2. The van der Waals surface area contributed by atoms with Gasteiger partial charge in [-0.15, -0.1) is 0 Å². The number of piperidine rings is 1. The Hall–Kier alpha value is -3.88. The number of nitrogens with one attached hydrogen (secondary N) is 1. The molecule has 0 spiro atoms. The number of benzene rings is 2. The summed E-state index contributed by atoms with van der Waals surface area (Å²) in [6.45, 7) is 4.59. The average molecular weight is 507 g/mol. The predicted octanol–water partition coefficient (Wildman–Crippen LogP) is 3.65. The largest absolute Gasteiger partial charge is 0.491 e. The molecule has 0 aromatic heterocycles. The highest BCUT2D eigenvalue weighted by Crippen LogP contribution is 2.43. The third-order valence-corrected chi connectivity index (χ3v) is 7.73. The van der Waals surface area contributed by atoms with Crippen molar-refractivity contribution in [2.24, 2.45) is 17.1 Å². The van der Waals surface area contributed by atoms with Crippen molar-refractivity contribution in [1.29, 1.82) is 5.41 Å². The van der Waals surface area contributed by atoms with Crippen molar-refractivity contribution in [3.8, 4) is 16.9 Å². The molecule has 2 fully saturated rings. The zero-order chi connectivity index (χ0) is 26.7. The van der Waals surface area contributed by atoms with Crippen molar-refractivity contribution in [2.45, 2.75) is 39.2 Å². The molecule has 2 aromatic carbocycles. The summed E-state index contributed by atoms with van der Waals surface area (Å²) in [6, 6.07) is 13.9. The van der Waals surface area contributed by atoms with Gasteiger partial charge < -0.3 is 20.1 Å². The molecule has 4 rings (SSSR count). The van der Waals surface area contributed by atoms with E-state index in [0.717, 1.165) is 30.4 Å². The molecule has 196 valence electrons. The Labute approximate surface area is 217 Å². The van der Waals surface area contributed by atoms with Crippen molar-refractivity contribution in [2.75, 3.05) is 26.8 Å². The van der Waals surface area contributed by atoms with E-state index in [1.807, 2.05) is 36.4 Å². The van der Waals surface area contributed by atoms with E-state index >= 15 is 0 Å². The van der Waals surface area contributed by atoms with Gasteiger partial charge in [-0.1, -0.05) is 43.3 Å². The van der Waals surface area contributed by atoms with Crippen LogP contribution in [-0.2, 0) is 14.3 Å². The van der Waals surface area contributed by atoms with Crippen molar-refractivity contribution >= 4 is 23.7 Å². The van der Waals surface area contributed by atoms with Crippen LogP contribution in [0.5, 0.6) is 5.75 Å². The van der Waals surface area contributed by atoms with Crippen molar-refractivity contribution in [3.63, 3.8) is 0 Å². The molecule has 3 N–H and O–H groups in total. The Morgan fingerprint density at radius 1 is 1.03 bits per heavy atom. The van der Waals surface area contributed by atoms with E-state index in [9.17, 15) is 14.4 Å². The summed E-state index contributed by atoms with van der Waals surface area (Å²) in [5.41, 5.74) is 6.66. The van der Waals surface area contributed by atoms with Gasteiger partial charge in [0.25, 0.3) is 0 Å². The van der Waals surface area contributed by atoms with Crippen LogP contribution in [0.3, 0.4) is 0 Å². The standard InChI is InChI=1S/C28H34N4O5/c1-18-23(17-37-22-13-11-20(12-14-22)19-7-9-21(10-8-19)24(29)30)32(25(33)28(18,2)26(34)36-3)27(35)31-15-5-4-6-16-31/h7-14,18,23H,4-6,15-17H2,1-3H3,(H3,29,30)/t18?,23-,28+/m1/s1. The Bertz CT molecular complexity index is 1170. The van der Waals surface area contributed by atoms with E-state index in [-0.39, 0.29) is 18.5 Å². The predicted molar refractivity (Wildman–Crippen MR) is 139 cm³/mol. The third kappa shape index (κ3) is 4.90. The molecule has 9 heteroatoms. The summed E-state index contributed by atoms with van der Waals surface area (Å²) in [4.78, 5) is 42.6. The lowest BCUT2D eigenvalue weighted by molar-refractivity contribution is -0.159. The van der Waals surface area contributed by atoms with Gasteiger partial charge in [0.05, 0.1) is 13.2 Å². The lowest BCUT2D eigenvalue weighted by Gasteiger charge is -2.33. The van der Waals surface area contributed by atoms with Gasteiger partial charge in [0, 0.05) is 24.6 Å².